The van der Waals surface area contributed by atoms with Crippen LogP contribution in [0.3, 0.4) is 0 Å². The molecule has 2 N–H and O–H groups in total. The van der Waals surface area contributed by atoms with Crippen molar-refractivity contribution in [2.24, 2.45) is 11.1 Å². The maximum absolute atomic E-state index is 12.8. The molecule has 0 radical (unpaired) electrons. The van der Waals surface area contributed by atoms with Crippen LogP contribution in [0.25, 0.3) is 0 Å². The van der Waals surface area contributed by atoms with Gasteiger partial charge in [0.05, 0.1) is 23.5 Å². The van der Waals surface area contributed by atoms with Crippen LogP contribution in [-0.4, -0.2) is 41.2 Å². The van der Waals surface area contributed by atoms with Crippen LogP contribution in [0.15, 0.2) is 52.3 Å². The molecule has 12 heteroatoms. The molecule has 0 spiro atoms. The maximum atomic E-state index is 12.8. The second-order valence-corrected chi connectivity index (χ2v) is 11.8. The lowest BCUT2D eigenvalue weighted by Crippen LogP contribution is -2.21. The van der Waals surface area contributed by atoms with Crippen molar-refractivity contribution in [2.45, 2.75) is 48.1 Å². The first kappa shape index (κ1) is 27.7. The predicted octanol–water partition coefficient (Wildman–Crippen LogP) is 3.86. The van der Waals surface area contributed by atoms with Gasteiger partial charge in [0.25, 0.3) is 0 Å². The van der Waals surface area contributed by atoms with E-state index in [1.54, 1.807) is 0 Å². The van der Waals surface area contributed by atoms with E-state index in [1.807, 2.05) is 0 Å². The highest BCUT2D eigenvalue weighted by molar-refractivity contribution is 7.94. The fourth-order valence-corrected chi connectivity index (χ4v) is 6.39. The van der Waals surface area contributed by atoms with Gasteiger partial charge in [-0.2, -0.15) is 13.2 Å². The zero-order valence-corrected chi connectivity index (χ0v) is 20.7. The zero-order valence-electron chi connectivity index (χ0n) is 19.0. The SMILES string of the molecule is NS(=O)(=O)c1ccccc1S(=O)(=O)CC(=O)c1ccc(C#CC2CCCC2)c(OCCC(F)(F)F)c1. The third-order valence-electron chi connectivity index (χ3n) is 5.52. The Balaban J connectivity index is 1.89. The molecule has 0 heterocycles. The summed E-state index contributed by atoms with van der Waals surface area (Å²) in [6.07, 6.45) is -1.74. The minimum atomic E-state index is -4.45. The van der Waals surface area contributed by atoms with E-state index in [-0.39, 0.29) is 22.8 Å². The van der Waals surface area contributed by atoms with E-state index in [4.69, 9.17) is 9.88 Å². The van der Waals surface area contributed by atoms with Crippen LogP contribution >= 0.6 is 0 Å². The summed E-state index contributed by atoms with van der Waals surface area (Å²) in [6, 6.07) is 8.46. The van der Waals surface area contributed by atoms with Crippen molar-refractivity contribution in [3.63, 3.8) is 0 Å². The first-order valence-corrected chi connectivity index (χ1v) is 14.2. The molecule has 0 aliphatic heterocycles. The molecule has 0 atom stereocenters. The van der Waals surface area contributed by atoms with Gasteiger partial charge >= 0.3 is 6.18 Å². The number of benzene rings is 2. The Kier molecular flexibility index (Phi) is 8.48. The van der Waals surface area contributed by atoms with Gasteiger partial charge in [-0.1, -0.05) is 36.8 Å². The molecule has 1 fully saturated rings. The molecule has 0 unspecified atom stereocenters. The molecule has 36 heavy (non-hydrogen) atoms. The highest BCUT2D eigenvalue weighted by Gasteiger charge is 2.28. The van der Waals surface area contributed by atoms with Gasteiger partial charge in [0.2, 0.25) is 10.0 Å². The molecular weight excluding hydrogens is 519 g/mol. The molecule has 7 nitrogen and oxygen atoms in total. The summed E-state index contributed by atoms with van der Waals surface area (Å²) in [5, 5.41) is 5.10. The van der Waals surface area contributed by atoms with Gasteiger partial charge < -0.3 is 4.74 Å². The molecule has 0 amide bonds. The lowest BCUT2D eigenvalue weighted by Gasteiger charge is -2.12. The van der Waals surface area contributed by atoms with E-state index in [1.165, 1.54) is 24.3 Å². The van der Waals surface area contributed by atoms with Gasteiger partial charge in [0.15, 0.2) is 15.6 Å². The molecular formula is C24H24F3NO6S2. The summed E-state index contributed by atoms with van der Waals surface area (Å²) in [5.41, 5.74) is 0.142. The van der Waals surface area contributed by atoms with Crippen LogP contribution < -0.4 is 9.88 Å². The monoisotopic (exact) mass is 543 g/mol. The number of rotatable bonds is 8. The first-order valence-electron chi connectivity index (χ1n) is 11.0. The Bertz CT molecular complexity index is 1400. The summed E-state index contributed by atoms with van der Waals surface area (Å²) in [5.74, 6) is 4.07. The number of Topliss-reactive ketones (excluding diaryl/α,β-unsaturated/α-hetero) is 1. The van der Waals surface area contributed by atoms with Crippen molar-refractivity contribution >= 4 is 25.6 Å². The Morgan fingerprint density at radius 3 is 2.28 bits per heavy atom. The van der Waals surface area contributed by atoms with Gasteiger partial charge in [-0.05, 0) is 43.2 Å². The Morgan fingerprint density at radius 2 is 1.67 bits per heavy atom. The van der Waals surface area contributed by atoms with E-state index in [9.17, 15) is 34.8 Å². The van der Waals surface area contributed by atoms with E-state index in [0.717, 1.165) is 43.9 Å². The Morgan fingerprint density at radius 1 is 1.03 bits per heavy atom. The standard InChI is InChI=1S/C24H24F3NO6S2/c25-24(26,27)13-14-34-21-15-19(12-11-18(21)10-9-17-5-1-2-6-17)20(29)16-35(30,31)22-7-3-4-8-23(22)36(28,32)33/h3-4,7-8,11-12,15,17H,1-2,5-6,13-14,16H2,(H2,28,32,33). The molecule has 2 aromatic rings. The van der Waals surface area contributed by atoms with Crippen LogP contribution in [0, 0.1) is 17.8 Å². The largest absolute Gasteiger partial charge is 0.492 e. The number of primary sulfonamides is 1. The Labute approximate surface area is 207 Å². The second kappa shape index (κ2) is 11.0. The Hall–Kier alpha value is -2.88. The number of hydrogen-bond acceptors (Lipinski definition) is 6. The minimum absolute atomic E-state index is 0.0714. The fourth-order valence-electron chi connectivity index (χ4n) is 3.72. The van der Waals surface area contributed by atoms with Gasteiger partial charge in [0.1, 0.15) is 16.4 Å². The number of alkyl halides is 3. The number of halogens is 3. The van der Waals surface area contributed by atoms with Crippen molar-refractivity contribution in [3.05, 3.63) is 53.6 Å². The van der Waals surface area contributed by atoms with Gasteiger partial charge in [-0.15, -0.1) is 0 Å². The summed E-state index contributed by atoms with van der Waals surface area (Å²) in [7, 11) is -8.81. The van der Waals surface area contributed by atoms with Gasteiger partial charge in [0, 0.05) is 11.5 Å². The maximum Gasteiger partial charge on any atom is 0.392 e. The summed E-state index contributed by atoms with van der Waals surface area (Å²) >= 11 is 0. The number of ether oxygens (including phenoxy) is 1. The number of nitrogens with two attached hydrogens (primary N) is 1. The average Bonchev–Trinajstić information content (AvgIpc) is 3.30. The summed E-state index contributed by atoms with van der Waals surface area (Å²) in [6.45, 7) is -0.709. The van der Waals surface area contributed by atoms with Gasteiger partial charge in [-0.25, -0.2) is 22.0 Å². The summed E-state index contributed by atoms with van der Waals surface area (Å²) in [4.78, 5) is 11.6. The molecule has 0 saturated heterocycles. The van der Waals surface area contributed by atoms with E-state index in [0.29, 0.717) is 0 Å². The van der Waals surface area contributed by atoms with Crippen LogP contribution in [0.1, 0.15) is 48.0 Å². The molecule has 1 aliphatic rings. The molecule has 2 aromatic carbocycles. The summed E-state index contributed by atoms with van der Waals surface area (Å²) < 4.78 is 92.3. The first-order chi connectivity index (χ1) is 16.8. The highest BCUT2D eigenvalue weighted by atomic mass is 32.2. The number of sulfonamides is 1. The van der Waals surface area contributed by atoms with Crippen molar-refractivity contribution in [1.29, 1.82) is 0 Å². The minimum Gasteiger partial charge on any atom is -0.492 e. The van der Waals surface area contributed by atoms with Crippen molar-refractivity contribution < 1.29 is 39.5 Å². The fraction of sp³-hybridized carbons (Fsp3) is 0.375. The number of carbonyl (C=O) groups excluding carboxylic acids is 1. The molecule has 3 rings (SSSR count). The zero-order chi connectivity index (χ0) is 26.6. The normalized spacial score (nSPS) is 14.8. The second-order valence-electron chi connectivity index (χ2n) is 8.35. The van der Waals surface area contributed by atoms with Crippen molar-refractivity contribution in [1.82, 2.24) is 0 Å². The van der Waals surface area contributed by atoms with E-state index < -0.39 is 60.4 Å². The van der Waals surface area contributed by atoms with Gasteiger partial charge in [-0.3, -0.25) is 4.79 Å². The predicted molar refractivity (Wildman–Crippen MR) is 126 cm³/mol. The number of sulfone groups is 1. The molecule has 1 saturated carbocycles. The van der Waals surface area contributed by atoms with E-state index >= 15 is 0 Å². The molecule has 194 valence electrons. The third kappa shape index (κ3) is 7.56. The number of carbonyl (C=O) groups is 1. The van der Waals surface area contributed by atoms with Crippen molar-refractivity contribution in [3.8, 4) is 17.6 Å². The number of ketones is 1. The highest BCUT2D eigenvalue weighted by Crippen LogP contribution is 2.27. The number of hydrogen-bond donors (Lipinski definition) is 1. The molecule has 1 aliphatic carbocycles. The van der Waals surface area contributed by atoms with Crippen LogP contribution in [0.4, 0.5) is 13.2 Å². The third-order valence-corrected chi connectivity index (χ3v) is 8.29. The smallest absolute Gasteiger partial charge is 0.392 e. The van der Waals surface area contributed by atoms with Crippen molar-refractivity contribution in [2.75, 3.05) is 12.4 Å². The lowest BCUT2D eigenvalue weighted by atomic mass is 10.1. The van der Waals surface area contributed by atoms with E-state index in [2.05, 4.69) is 11.8 Å². The quantitative estimate of drug-likeness (QED) is 0.399. The lowest BCUT2D eigenvalue weighted by molar-refractivity contribution is -0.139. The molecule has 0 aromatic heterocycles. The van der Waals surface area contributed by atoms with Crippen LogP contribution in [0.2, 0.25) is 0 Å². The van der Waals surface area contributed by atoms with Crippen LogP contribution in [-0.2, 0) is 19.9 Å². The van der Waals surface area contributed by atoms with Crippen LogP contribution in [0.5, 0.6) is 5.75 Å². The average molecular weight is 544 g/mol. The molecule has 0 bridgehead atoms. The topological polar surface area (TPSA) is 121 Å².